The third-order valence-electron chi connectivity index (χ3n) is 4.55. The van der Waals surface area contributed by atoms with E-state index < -0.39 is 5.60 Å². The molecule has 0 aliphatic carbocycles. The van der Waals surface area contributed by atoms with Gasteiger partial charge in [0.25, 0.3) is 0 Å². The summed E-state index contributed by atoms with van der Waals surface area (Å²) < 4.78 is 5.34. The van der Waals surface area contributed by atoms with Crippen molar-refractivity contribution in [3.05, 3.63) is 42.4 Å². The SMILES string of the molecule is CN=C(NCc1ncc(-c2ccccc2)[nH]1)N1CCC(NC(=O)OC(C)(C)C)C1.I. The second-order valence-electron chi connectivity index (χ2n) is 8.09. The molecule has 0 spiro atoms. The van der Waals surface area contributed by atoms with Gasteiger partial charge in [-0.05, 0) is 32.8 Å². The van der Waals surface area contributed by atoms with Gasteiger partial charge in [-0.1, -0.05) is 30.3 Å². The second kappa shape index (κ2) is 10.6. The minimum atomic E-state index is -0.498. The molecule has 0 bridgehead atoms. The molecule has 1 saturated heterocycles. The molecule has 2 heterocycles. The van der Waals surface area contributed by atoms with Gasteiger partial charge in [0, 0.05) is 20.1 Å². The minimum absolute atomic E-state index is 0. The number of alkyl carbamates (subject to hydrolysis) is 1. The Bertz CT molecular complexity index is 847. The molecule has 1 fully saturated rings. The molecule has 1 aromatic heterocycles. The summed E-state index contributed by atoms with van der Waals surface area (Å²) in [6.45, 7) is 7.62. The fraction of sp³-hybridized carbons (Fsp3) is 0.476. The number of halogens is 1. The van der Waals surface area contributed by atoms with Crippen molar-refractivity contribution < 1.29 is 9.53 Å². The van der Waals surface area contributed by atoms with E-state index in [1.807, 2.05) is 57.3 Å². The second-order valence-corrected chi connectivity index (χ2v) is 8.09. The zero-order valence-electron chi connectivity index (χ0n) is 17.9. The smallest absolute Gasteiger partial charge is 0.407 e. The standard InChI is InChI=1S/C21H30N6O2.HI/c1-21(2,3)29-20(28)25-16-10-11-27(14-16)19(22-4)24-13-18-23-12-17(26-18)15-8-6-5-7-9-15;/h5-9,12,16H,10-11,13-14H2,1-4H3,(H,22,24)(H,23,26)(H,25,28);1H. The van der Waals surface area contributed by atoms with E-state index in [4.69, 9.17) is 4.74 Å². The zero-order valence-corrected chi connectivity index (χ0v) is 20.3. The predicted octanol–water partition coefficient (Wildman–Crippen LogP) is 3.37. The summed E-state index contributed by atoms with van der Waals surface area (Å²) in [5, 5.41) is 6.28. The number of hydrogen-bond acceptors (Lipinski definition) is 4. The summed E-state index contributed by atoms with van der Waals surface area (Å²) in [5.74, 6) is 1.63. The molecule has 164 valence electrons. The van der Waals surface area contributed by atoms with Gasteiger partial charge in [-0.2, -0.15) is 0 Å². The maximum atomic E-state index is 12.0. The number of amides is 1. The highest BCUT2D eigenvalue weighted by molar-refractivity contribution is 14.0. The maximum Gasteiger partial charge on any atom is 0.407 e. The van der Waals surface area contributed by atoms with Crippen LogP contribution in [-0.2, 0) is 11.3 Å². The van der Waals surface area contributed by atoms with E-state index in [0.717, 1.165) is 36.0 Å². The van der Waals surface area contributed by atoms with E-state index in [-0.39, 0.29) is 36.1 Å². The molecule has 0 saturated carbocycles. The Kier molecular flexibility index (Phi) is 8.51. The summed E-state index contributed by atoms with van der Waals surface area (Å²) in [6, 6.07) is 10.1. The Hall–Kier alpha value is -2.30. The highest BCUT2D eigenvalue weighted by Gasteiger charge is 2.27. The lowest BCUT2D eigenvalue weighted by molar-refractivity contribution is 0.0507. The number of aromatic nitrogens is 2. The number of ether oxygens (including phenoxy) is 1. The number of carbonyl (C=O) groups is 1. The zero-order chi connectivity index (χ0) is 20.9. The van der Waals surface area contributed by atoms with E-state index >= 15 is 0 Å². The lowest BCUT2D eigenvalue weighted by Crippen LogP contribution is -2.44. The Labute approximate surface area is 194 Å². The molecule has 8 nitrogen and oxygen atoms in total. The van der Waals surface area contributed by atoms with E-state index in [9.17, 15) is 4.79 Å². The molecule has 1 aromatic carbocycles. The number of likely N-dealkylation sites (tertiary alicyclic amines) is 1. The first kappa shape index (κ1) is 24.0. The molecule has 1 amide bonds. The van der Waals surface area contributed by atoms with Crippen LogP contribution in [0.1, 0.15) is 33.0 Å². The molecule has 3 rings (SSSR count). The van der Waals surface area contributed by atoms with Gasteiger partial charge in [-0.3, -0.25) is 4.99 Å². The predicted molar refractivity (Wildman–Crippen MR) is 129 cm³/mol. The number of rotatable bonds is 4. The van der Waals surface area contributed by atoms with Crippen molar-refractivity contribution in [1.29, 1.82) is 0 Å². The van der Waals surface area contributed by atoms with Crippen LogP contribution in [0.15, 0.2) is 41.5 Å². The van der Waals surface area contributed by atoms with E-state index in [2.05, 4.69) is 30.5 Å². The Morgan fingerprint density at radius 1 is 1.33 bits per heavy atom. The van der Waals surface area contributed by atoms with Gasteiger partial charge in [0.15, 0.2) is 5.96 Å². The first-order chi connectivity index (χ1) is 13.8. The highest BCUT2D eigenvalue weighted by Crippen LogP contribution is 2.16. The monoisotopic (exact) mass is 526 g/mol. The molecule has 0 radical (unpaired) electrons. The third-order valence-corrected chi connectivity index (χ3v) is 4.55. The van der Waals surface area contributed by atoms with Crippen LogP contribution in [0.2, 0.25) is 0 Å². The number of carbonyl (C=O) groups excluding carboxylic acids is 1. The van der Waals surface area contributed by atoms with Crippen LogP contribution >= 0.6 is 24.0 Å². The average molecular weight is 526 g/mol. The minimum Gasteiger partial charge on any atom is -0.444 e. The van der Waals surface area contributed by atoms with Crippen molar-refractivity contribution in [2.24, 2.45) is 4.99 Å². The van der Waals surface area contributed by atoms with Crippen LogP contribution in [-0.4, -0.2) is 58.7 Å². The molecule has 1 aliphatic heterocycles. The van der Waals surface area contributed by atoms with Gasteiger partial charge < -0.3 is 25.3 Å². The van der Waals surface area contributed by atoms with Crippen LogP contribution in [0.25, 0.3) is 11.3 Å². The molecule has 1 aliphatic rings. The fourth-order valence-electron chi connectivity index (χ4n) is 3.26. The lowest BCUT2D eigenvalue weighted by Gasteiger charge is -2.23. The first-order valence-corrected chi connectivity index (χ1v) is 9.88. The number of nitrogens with one attached hydrogen (secondary N) is 3. The van der Waals surface area contributed by atoms with Crippen LogP contribution in [0, 0.1) is 0 Å². The maximum absolute atomic E-state index is 12.0. The molecular formula is C21H31IN6O2. The normalized spacial score (nSPS) is 16.7. The number of aliphatic imine (C=N–C) groups is 1. The van der Waals surface area contributed by atoms with Gasteiger partial charge in [0.2, 0.25) is 0 Å². The van der Waals surface area contributed by atoms with Crippen LogP contribution in [0.5, 0.6) is 0 Å². The average Bonchev–Trinajstić information content (AvgIpc) is 3.31. The third kappa shape index (κ3) is 6.89. The number of aromatic amines is 1. The largest absolute Gasteiger partial charge is 0.444 e. The van der Waals surface area contributed by atoms with E-state index in [1.54, 1.807) is 7.05 Å². The molecule has 30 heavy (non-hydrogen) atoms. The van der Waals surface area contributed by atoms with Crippen molar-refractivity contribution in [1.82, 2.24) is 25.5 Å². The highest BCUT2D eigenvalue weighted by atomic mass is 127. The van der Waals surface area contributed by atoms with Gasteiger partial charge in [-0.15, -0.1) is 24.0 Å². The molecule has 9 heteroatoms. The van der Waals surface area contributed by atoms with Crippen LogP contribution in [0.3, 0.4) is 0 Å². The van der Waals surface area contributed by atoms with Gasteiger partial charge in [0.1, 0.15) is 11.4 Å². The van der Waals surface area contributed by atoms with Gasteiger partial charge >= 0.3 is 6.09 Å². The van der Waals surface area contributed by atoms with E-state index in [1.165, 1.54) is 0 Å². The summed E-state index contributed by atoms with van der Waals surface area (Å²) in [4.78, 5) is 26.3. The van der Waals surface area contributed by atoms with E-state index in [0.29, 0.717) is 13.1 Å². The van der Waals surface area contributed by atoms with Crippen molar-refractivity contribution >= 4 is 36.0 Å². The Balaban J connectivity index is 0.00000320. The van der Waals surface area contributed by atoms with Crippen LogP contribution < -0.4 is 10.6 Å². The summed E-state index contributed by atoms with van der Waals surface area (Å²) >= 11 is 0. The Morgan fingerprint density at radius 3 is 2.73 bits per heavy atom. The van der Waals surface area contributed by atoms with Gasteiger partial charge in [0.05, 0.1) is 24.5 Å². The summed E-state index contributed by atoms with van der Waals surface area (Å²) in [6.07, 6.45) is 2.31. The Morgan fingerprint density at radius 2 is 2.07 bits per heavy atom. The van der Waals surface area contributed by atoms with Crippen molar-refractivity contribution in [2.45, 2.75) is 45.4 Å². The number of H-pyrrole nitrogens is 1. The van der Waals surface area contributed by atoms with Crippen LogP contribution in [0.4, 0.5) is 4.79 Å². The summed E-state index contributed by atoms with van der Waals surface area (Å²) in [7, 11) is 1.76. The topological polar surface area (TPSA) is 94.6 Å². The van der Waals surface area contributed by atoms with Crippen molar-refractivity contribution in [3.8, 4) is 11.3 Å². The number of nitrogens with zero attached hydrogens (tertiary/aromatic N) is 3. The number of hydrogen-bond donors (Lipinski definition) is 3. The number of guanidine groups is 1. The molecule has 2 aromatic rings. The van der Waals surface area contributed by atoms with Crippen molar-refractivity contribution in [2.75, 3.05) is 20.1 Å². The number of imidazole rings is 1. The molecule has 1 unspecified atom stereocenters. The van der Waals surface area contributed by atoms with Gasteiger partial charge in [-0.25, -0.2) is 9.78 Å². The first-order valence-electron chi connectivity index (χ1n) is 9.88. The van der Waals surface area contributed by atoms with Crippen molar-refractivity contribution in [3.63, 3.8) is 0 Å². The fourth-order valence-corrected chi connectivity index (χ4v) is 3.26. The molecule has 1 atom stereocenters. The summed E-state index contributed by atoms with van der Waals surface area (Å²) in [5.41, 5.74) is 1.59. The number of benzene rings is 1. The lowest BCUT2D eigenvalue weighted by atomic mass is 10.2. The molecular weight excluding hydrogens is 495 g/mol. The molecule has 3 N–H and O–H groups in total. The quantitative estimate of drug-likeness (QED) is 0.323.